The Balaban J connectivity index is 1.71. The lowest BCUT2D eigenvalue weighted by atomic mass is 9.98. The van der Waals surface area contributed by atoms with Gasteiger partial charge in [-0.1, -0.05) is 0 Å². The number of hydrogen-bond acceptors (Lipinski definition) is 4. The molecular weight excluding hydrogens is 234 g/mol. The van der Waals surface area contributed by atoms with Gasteiger partial charge < -0.3 is 19.9 Å². The van der Waals surface area contributed by atoms with E-state index >= 15 is 0 Å². The number of nitrogens with zero attached hydrogens (tertiary/aromatic N) is 2. The number of ether oxygens (including phenoxy) is 1. The van der Waals surface area contributed by atoms with Crippen molar-refractivity contribution in [2.75, 3.05) is 53.0 Å². The Kier molecular flexibility index (Phi) is 4.54. The van der Waals surface area contributed by atoms with E-state index in [1.165, 1.54) is 7.11 Å². The average molecular weight is 255 g/mol. The Morgan fingerprint density at radius 3 is 2.11 bits per heavy atom. The number of hydrogen-bond donors (Lipinski definition) is 1. The van der Waals surface area contributed by atoms with Crippen molar-refractivity contribution in [1.82, 2.24) is 15.1 Å². The first-order valence-electron chi connectivity index (χ1n) is 6.46. The summed E-state index contributed by atoms with van der Waals surface area (Å²) in [5.41, 5.74) is 0. The number of nitrogens with one attached hydrogen (secondary N) is 1. The zero-order valence-corrected chi connectivity index (χ0v) is 10.9. The van der Waals surface area contributed by atoms with Crippen molar-refractivity contribution in [2.24, 2.45) is 5.92 Å². The lowest BCUT2D eigenvalue weighted by Gasteiger charge is -2.36. The minimum absolute atomic E-state index is 0.00721. The fourth-order valence-corrected chi connectivity index (χ4v) is 2.29. The molecule has 0 aliphatic carbocycles. The summed E-state index contributed by atoms with van der Waals surface area (Å²) in [5.74, 6) is 0.735. The van der Waals surface area contributed by atoms with Crippen molar-refractivity contribution in [3.8, 4) is 0 Å². The van der Waals surface area contributed by atoms with E-state index in [0.29, 0.717) is 38.5 Å². The van der Waals surface area contributed by atoms with Gasteiger partial charge in [0, 0.05) is 39.7 Å². The van der Waals surface area contributed by atoms with Crippen molar-refractivity contribution < 1.29 is 14.3 Å². The van der Waals surface area contributed by atoms with Crippen LogP contribution in [0.2, 0.25) is 0 Å². The maximum absolute atomic E-state index is 12.0. The van der Waals surface area contributed by atoms with Crippen LogP contribution < -0.4 is 5.32 Å². The van der Waals surface area contributed by atoms with E-state index < -0.39 is 0 Å². The van der Waals surface area contributed by atoms with Gasteiger partial charge in [0.05, 0.1) is 0 Å². The third-order valence-corrected chi connectivity index (χ3v) is 3.58. The maximum Gasteiger partial charge on any atom is 0.248 e. The Morgan fingerprint density at radius 2 is 1.67 bits per heavy atom. The second kappa shape index (κ2) is 6.15. The molecular formula is C12H21N3O3. The SMILES string of the molecule is COCC(=O)N1CCN(C(=O)CC2CNC2)CC1. The smallest absolute Gasteiger partial charge is 0.248 e. The fraction of sp³-hybridized carbons (Fsp3) is 0.833. The highest BCUT2D eigenvalue weighted by atomic mass is 16.5. The van der Waals surface area contributed by atoms with Gasteiger partial charge in [0.2, 0.25) is 11.8 Å². The van der Waals surface area contributed by atoms with Crippen LogP contribution in [0.3, 0.4) is 0 Å². The van der Waals surface area contributed by atoms with Gasteiger partial charge in [-0.05, 0) is 19.0 Å². The zero-order chi connectivity index (χ0) is 13.0. The summed E-state index contributed by atoms with van der Waals surface area (Å²) in [4.78, 5) is 27.2. The number of piperazine rings is 1. The van der Waals surface area contributed by atoms with Crippen LogP contribution in [0.15, 0.2) is 0 Å². The zero-order valence-electron chi connectivity index (χ0n) is 10.9. The molecule has 0 spiro atoms. The molecule has 1 N–H and O–H groups in total. The molecule has 2 heterocycles. The van der Waals surface area contributed by atoms with Crippen molar-refractivity contribution in [3.05, 3.63) is 0 Å². The third kappa shape index (κ3) is 3.20. The van der Waals surface area contributed by atoms with Crippen molar-refractivity contribution in [1.29, 1.82) is 0 Å². The van der Waals surface area contributed by atoms with E-state index in [4.69, 9.17) is 4.74 Å². The van der Waals surface area contributed by atoms with Crippen molar-refractivity contribution in [2.45, 2.75) is 6.42 Å². The molecule has 2 saturated heterocycles. The number of carbonyl (C=O) groups excluding carboxylic acids is 2. The van der Waals surface area contributed by atoms with Crippen LogP contribution in [0.25, 0.3) is 0 Å². The van der Waals surface area contributed by atoms with Crippen molar-refractivity contribution in [3.63, 3.8) is 0 Å². The molecule has 0 aromatic rings. The molecule has 0 saturated carbocycles. The number of amides is 2. The van der Waals surface area contributed by atoms with E-state index in [1.807, 2.05) is 4.90 Å². The van der Waals surface area contributed by atoms with Gasteiger partial charge in [-0.15, -0.1) is 0 Å². The molecule has 0 aromatic heterocycles. The highest BCUT2D eigenvalue weighted by Crippen LogP contribution is 2.12. The van der Waals surface area contributed by atoms with Gasteiger partial charge in [0.1, 0.15) is 6.61 Å². The Hall–Kier alpha value is -1.14. The average Bonchev–Trinajstić information content (AvgIpc) is 2.34. The van der Waals surface area contributed by atoms with Crippen LogP contribution in [-0.2, 0) is 14.3 Å². The fourth-order valence-electron chi connectivity index (χ4n) is 2.29. The van der Waals surface area contributed by atoms with Gasteiger partial charge in [-0.3, -0.25) is 9.59 Å². The quantitative estimate of drug-likeness (QED) is 0.693. The Bertz CT molecular complexity index is 310. The summed E-state index contributed by atoms with van der Waals surface area (Å²) in [6.07, 6.45) is 0.638. The molecule has 2 aliphatic heterocycles. The third-order valence-electron chi connectivity index (χ3n) is 3.58. The largest absolute Gasteiger partial charge is 0.375 e. The molecule has 2 amide bonds. The first kappa shape index (κ1) is 13.3. The second-order valence-electron chi connectivity index (χ2n) is 4.92. The monoisotopic (exact) mass is 255 g/mol. The minimum Gasteiger partial charge on any atom is -0.375 e. The van der Waals surface area contributed by atoms with Crippen LogP contribution in [0.4, 0.5) is 0 Å². The second-order valence-corrected chi connectivity index (χ2v) is 4.92. The standard InChI is InChI=1S/C12H21N3O3/c1-18-9-12(17)15-4-2-14(3-5-15)11(16)6-10-7-13-8-10/h10,13H,2-9H2,1H3. The molecule has 6 heteroatoms. The van der Waals surface area contributed by atoms with Crippen molar-refractivity contribution >= 4 is 11.8 Å². The van der Waals surface area contributed by atoms with E-state index in [9.17, 15) is 9.59 Å². The van der Waals surface area contributed by atoms with E-state index in [0.717, 1.165) is 13.1 Å². The first-order valence-corrected chi connectivity index (χ1v) is 6.46. The molecule has 0 radical (unpaired) electrons. The number of carbonyl (C=O) groups is 2. The number of rotatable bonds is 4. The van der Waals surface area contributed by atoms with Crippen LogP contribution in [0, 0.1) is 5.92 Å². The summed E-state index contributed by atoms with van der Waals surface area (Å²) in [6.45, 7) is 4.58. The van der Waals surface area contributed by atoms with Gasteiger partial charge >= 0.3 is 0 Å². The molecule has 6 nitrogen and oxygen atoms in total. The highest BCUT2D eigenvalue weighted by molar-refractivity contribution is 5.79. The Morgan fingerprint density at radius 1 is 1.11 bits per heavy atom. The minimum atomic E-state index is 0.00721. The normalized spacial score (nSPS) is 20.7. The van der Waals surface area contributed by atoms with E-state index in [-0.39, 0.29) is 18.4 Å². The molecule has 102 valence electrons. The van der Waals surface area contributed by atoms with Crippen LogP contribution >= 0.6 is 0 Å². The van der Waals surface area contributed by atoms with Gasteiger partial charge in [0.25, 0.3) is 0 Å². The molecule has 0 bridgehead atoms. The predicted molar refractivity (Wildman–Crippen MR) is 66.0 cm³/mol. The molecule has 0 unspecified atom stereocenters. The first-order chi connectivity index (χ1) is 8.70. The van der Waals surface area contributed by atoms with Gasteiger partial charge in [-0.2, -0.15) is 0 Å². The summed E-state index contributed by atoms with van der Waals surface area (Å²) in [7, 11) is 1.52. The Labute approximate surface area is 107 Å². The van der Waals surface area contributed by atoms with Crippen LogP contribution in [0.5, 0.6) is 0 Å². The molecule has 2 fully saturated rings. The summed E-state index contributed by atoms with van der Waals surface area (Å²) < 4.78 is 4.83. The lowest BCUT2D eigenvalue weighted by Crippen LogP contribution is -2.52. The molecule has 2 rings (SSSR count). The summed E-state index contributed by atoms with van der Waals surface area (Å²) >= 11 is 0. The van der Waals surface area contributed by atoms with E-state index in [1.54, 1.807) is 4.90 Å². The molecule has 18 heavy (non-hydrogen) atoms. The topological polar surface area (TPSA) is 61.9 Å². The van der Waals surface area contributed by atoms with Crippen LogP contribution in [-0.4, -0.2) is 74.6 Å². The van der Waals surface area contributed by atoms with Gasteiger partial charge in [0.15, 0.2) is 0 Å². The summed E-state index contributed by atoms with van der Waals surface area (Å²) in [6, 6.07) is 0. The molecule has 0 aromatic carbocycles. The number of methoxy groups -OCH3 is 1. The van der Waals surface area contributed by atoms with E-state index in [2.05, 4.69) is 5.32 Å². The highest BCUT2D eigenvalue weighted by Gasteiger charge is 2.27. The lowest BCUT2D eigenvalue weighted by molar-refractivity contribution is -0.142. The van der Waals surface area contributed by atoms with Crippen LogP contribution in [0.1, 0.15) is 6.42 Å². The van der Waals surface area contributed by atoms with Gasteiger partial charge in [-0.25, -0.2) is 0 Å². The molecule has 2 aliphatic rings. The molecule has 0 atom stereocenters. The summed E-state index contributed by atoms with van der Waals surface area (Å²) in [5, 5.41) is 3.17. The maximum atomic E-state index is 12.0. The predicted octanol–water partition coefficient (Wildman–Crippen LogP) is -1.09.